The predicted molar refractivity (Wildman–Crippen MR) is 120 cm³/mol. The Labute approximate surface area is 183 Å². The second-order valence-electron chi connectivity index (χ2n) is 8.58. The van der Waals surface area contributed by atoms with Crippen LogP contribution in [0.15, 0.2) is 72.8 Å². The number of benzene rings is 3. The van der Waals surface area contributed by atoms with Crippen molar-refractivity contribution in [3.8, 4) is 11.5 Å². The van der Waals surface area contributed by atoms with Crippen LogP contribution >= 0.6 is 0 Å². The Balaban J connectivity index is 1.39. The maximum absolute atomic E-state index is 13.0. The number of ether oxygens (including phenoxy) is 1. The molecule has 1 saturated carbocycles. The fourth-order valence-corrected chi connectivity index (χ4v) is 4.42. The Kier molecular flexibility index (Phi) is 5.37. The van der Waals surface area contributed by atoms with Gasteiger partial charge < -0.3 is 14.7 Å². The summed E-state index contributed by atoms with van der Waals surface area (Å²) in [6, 6.07) is 23.8. The van der Waals surface area contributed by atoms with E-state index in [4.69, 9.17) is 4.74 Å². The number of fused-ring (bicyclic) bond motifs is 1. The second-order valence-corrected chi connectivity index (χ2v) is 8.58. The van der Waals surface area contributed by atoms with Gasteiger partial charge in [0.25, 0.3) is 0 Å². The van der Waals surface area contributed by atoms with E-state index in [1.54, 1.807) is 12.1 Å². The van der Waals surface area contributed by atoms with E-state index in [9.17, 15) is 9.90 Å². The van der Waals surface area contributed by atoms with Crippen LogP contribution in [-0.4, -0.2) is 22.5 Å². The lowest BCUT2D eigenvalue weighted by molar-refractivity contribution is -0.135. The minimum atomic E-state index is 0.0181. The third-order valence-electron chi connectivity index (χ3n) is 6.30. The number of rotatable bonds is 6. The van der Waals surface area contributed by atoms with E-state index in [1.165, 1.54) is 11.1 Å². The van der Waals surface area contributed by atoms with Gasteiger partial charge >= 0.3 is 0 Å². The van der Waals surface area contributed by atoms with Gasteiger partial charge in [-0.15, -0.1) is 0 Å². The van der Waals surface area contributed by atoms with Gasteiger partial charge in [-0.2, -0.15) is 0 Å². The topological polar surface area (TPSA) is 49.8 Å². The molecule has 0 radical (unpaired) electrons. The second kappa shape index (κ2) is 8.46. The van der Waals surface area contributed by atoms with E-state index < -0.39 is 0 Å². The first-order valence-corrected chi connectivity index (χ1v) is 11.1. The van der Waals surface area contributed by atoms with Crippen LogP contribution in [0.1, 0.15) is 41.1 Å². The smallest absolute Gasteiger partial charge is 0.226 e. The highest BCUT2D eigenvalue weighted by atomic mass is 16.5. The summed E-state index contributed by atoms with van der Waals surface area (Å²) in [4.78, 5) is 15.1. The Bertz CT molecular complexity index is 1060. The van der Waals surface area contributed by atoms with Crippen LogP contribution < -0.4 is 4.74 Å². The van der Waals surface area contributed by atoms with Crippen LogP contribution in [-0.2, 0) is 24.2 Å². The molecule has 0 saturated heterocycles. The van der Waals surface area contributed by atoms with Gasteiger partial charge in [-0.3, -0.25) is 4.79 Å². The first kappa shape index (κ1) is 19.7. The number of carbonyl (C=O) groups excluding carboxylic acids is 1. The summed E-state index contributed by atoms with van der Waals surface area (Å²) < 4.78 is 6.04. The van der Waals surface area contributed by atoms with Gasteiger partial charge in [0, 0.05) is 12.5 Å². The number of aromatic hydroxyl groups is 1. The van der Waals surface area contributed by atoms with Crippen molar-refractivity contribution < 1.29 is 14.6 Å². The van der Waals surface area contributed by atoms with Crippen LogP contribution in [0.5, 0.6) is 11.5 Å². The number of nitrogens with zero attached hydrogens (tertiary/aromatic N) is 1. The standard InChI is InChI=1S/C27H27NO3/c29-23-10-6-19(7-11-23)16-26-25-13-12-24(31-18-20-4-2-1-3-5-20)17-22(25)14-15-28(26)27(30)21-8-9-21/h1-7,10-13,17,21,26,29H,8-9,14-16,18H2. The number of amides is 1. The zero-order valence-corrected chi connectivity index (χ0v) is 17.5. The van der Waals surface area contributed by atoms with Crippen molar-refractivity contribution in [3.05, 3.63) is 95.1 Å². The molecule has 3 aromatic carbocycles. The lowest BCUT2D eigenvalue weighted by Crippen LogP contribution is -2.41. The van der Waals surface area contributed by atoms with Crippen molar-refractivity contribution in [2.45, 2.75) is 38.3 Å². The molecule has 0 bridgehead atoms. The van der Waals surface area contributed by atoms with Crippen molar-refractivity contribution in [2.24, 2.45) is 5.92 Å². The lowest BCUT2D eigenvalue weighted by atomic mass is 9.88. The van der Waals surface area contributed by atoms with Crippen LogP contribution in [0.4, 0.5) is 0 Å². The van der Waals surface area contributed by atoms with Crippen LogP contribution in [0.3, 0.4) is 0 Å². The van der Waals surface area contributed by atoms with Crippen LogP contribution in [0.2, 0.25) is 0 Å². The highest BCUT2D eigenvalue weighted by Gasteiger charge is 2.38. The minimum Gasteiger partial charge on any atom is -0.508 e. The molecule has 3 aromatic rings. The summed E-state index contributed by atoms with van der Waals surface area (Å²) in [7, 11) is 0. The molecule has 1 aliphatic carbocycles. The van der Waals surface area contributed by atoms with Gasteiger partial charge in [0.1, 0.15) is 18.1 Å². The molecular weight excluding hydrogens is 386 g/mol. The maximum atomic E-state index is 13.0. The number of carbonyl (C=O) groups is 1. The van der Waals surface area contributed by atoms with E-state index >= 15 is 0 Å². The highest BCUT2D eigenvalue weighted by Crippen LogP contribution is 2.39. The summed E-state index contributed by atoms with van der Waals surface area (Å²) in [5.74, 6) is 1.63. The van der Waals surface area contributed by atoms with E-state index in [0.717, 1.165) is 49.1 Å². The first-order valence-electron chi connectivity index (χ1n) is 11.1. The monoisotopic (exact) mass is 413 g/mol. The van der Waals surface area contributed by atoms with E-state index in [0.29, 0.717) is 12.5 Å². The zero-order valence-electron chi connectivity index (χ0n) is 17.5. The summed E-state index contributed by atoms with van der Waals surface area (Å²) in [6.45, 7) is 1.29. The fourth-order valence-electron chi connectivity index (χ4n) is 4.42. The average Bonchev–Trinajstić information content (AvgIpc) is 3.65. The zero-order chi connectivity index (χ0) is 21.2. The molecule has 1 fully saturated rings. The predicted octanol–water partition coefficient (Wildman–Crippen LogP) is 5.05. The van der Waals surface area contributed by atoms with Crippen molar-refractivity contribution in [2.75, 3.05) is 6.54 Å². The summed E-state index contributed by atoms with van der Waals surface area (Å²) in [5, 5.41) is 9.63. The molecule has 1 unspecified atom stereocenters. The number of hydrogen-bond donors (Lipinski definition) is 1. The number of phenols is 1. The minimum absolute atomic E-state index is 0.0181. The van der Waals surface area contributed by atoms with Gasteiger partial charge in [-0.25, -0.2) is 0 Å². The number of phenolic OH excluding ortho intramolecular Hbond substituents is 1. The van der Waals surface area contributed by atoms with Crippen molar-refractivity contribution >= 4 is 5.91 Å². The molecule has 1 amide bonds. The molecular formula is C27H27NO3. The molecule has 158 valence electrons. The average molecular weight is 414 g/mol. The molecule has 1 heterocycles. The van der Waals surface area contributed by atoms with E-state index in [2.05, 4.69) is 29.2 Å². The lowest BCUT2D eigenvalue weighted by Gasteiger charge is -2.38. The van der Waals surface area contributed by atoms with E-state index in [-0.39, 0.29) is 17.7 Å². The molecule has 4 heteroatoms. The summed E-state index contributed by atoms with van der Waals surface area (Å²) in [6.07, 6.45) is 3.62. The Morgan fingerprint density at radius 1 is 0.968 bits per heavy atom. The maximum Gasteiger partial charge on any atom is 0.226 e. The Hall–Kier alpha value is -3.27. The SMILES string of the molecule is O=C(C1CC1)N1CCc2cc(OCc3ccccc3)ccc2C1Cc1ccc(O)cc1. The molecule has 1 aliphatic heterocycles. The molecule has 1 atom stereocenters. The molecule has 4 nitrogen and oxygen atoms in total. The van der Waals surface area contributed by atoms with Crippen molar-refractivity contribution in [1.82, 2.24) is 4.90 Å². The van der Waals surface area contributed by atoms with Gasteiger partial charge in [0.15, 0.2) is 0 Å². The summed E-state index contributed by atoms with van der Waals surface area (Å²) in [5.41, 5.74) is 4.73. The normalized spacial score (nSPS) is 17.8. The van der Waals surface area contributed by atoms with Gasteiger partial charge in [0.2, 0.25) is 5.91 Å². The van der Waals surface area contributed by atoms with E-state index in [1.807, 2.05) is 36.4 Å². The molecule has 0 spiro atoms. The Morgan fingerprint density at radius 2 is 1.74 bits per heavy atom. The molecule has 5 rings (SSSR count). The summed E-state index contributed by atoms with van der Waals surface area (Å²) >= 11 is 0. The molecule has 2 aliphatic rings. The van der Waals surface area contributed by atoms with Gasteiger partial charge in [0.05, 0.1) is 6.04 Å². The largest absolute Gasteiger partial charge is 0.508 e. The number of hydrogen-bond acceptors (Lipinski definition) is 3. The fraction of sp³-hybridized carbons (Fsp3) is 0.296. The molecule has 31 heavy (non-hydrogen) atoms. The highest BCUT2D eigenvalue weighted by molar-refractivity contribution is 5.82. The Morgan fingerprint density at radius 3 is 2.48 bits per heavy atom. The quantitative estimate of drug-likeness (QED) is 0.615. The van der Waals surface area contributed by atoms with Crippen LogP contribution in [0, 0.1) is 5.92 Å². The molecule has 0 aromatic heterocycles. The van der Waals surface area contributed by atoms with Crippen molar-refractivity contribution in [1.29, 1.82) is 0 Å². The third-order valence-corrected chi connectivity index (χ3v) is 6.30. The molecule has 1 N–H and O–H groups in total. The van der Waals surface area contributed by atoms with Crippen LogP contribution in [0.25, 0.3) is 0 Å². The van der Waals surface area contributed by atoms with Gasteiger partial charge in [-0.05, 0) is 72.2 Å². The third kappa shape index (κ3) is 4.43. The van der Waals surface area contributed by atoms with Gasteiger partial charge in [-0.1, -0.05) is 48.5 Å². The first-order chi connectivity index (χ1) is 15.2. The van der Waals surface area contributed by atoms with Crippen molar-refractivity contribution in [3.63, 3.8) is 0 Å².